The maximum absolute atomic E-state index is 12.4. The summed E-state index contributed by atoms with van der Waals surface area (Å²) in [5.74, 6) is 0.489. The van der Waals surface area contributed by atoms with E-state index in [9.17, 15) is 9.59 Å². The SMILES string of the molecule is COCCCNC(=O)c1oc2c(c1C)/C(=N/NC(=O)c1ccncc1)CCC2. The number of aryl methyl sites for hydroxylation is 1. The normalized spacial score (nSPS) is 14.6. The van der Waals surface area contributed by atoms with E-state index >= 15 is 0 Å². The molecule has 0 aliphatic heterocycles. The summed E-state index contributed by atoms with van der Waals surface area (Å²) in [4.78, 5) is 28.6. The molecule has 0 saturated heterocycles. The van der Waals surface area contributed by atoms with Crippen molar-refractivity contribution in [3.63, 3.8) is 0 Å². The van der Waals surface area contributed by atoms with Gasteiger partial charge in [-0.1, -0.05) is 0 Å². The van der Waals surface area contributed by atoms with Crippen molar-refractivity contribution in [3.8, 4) is 0 Å². The first kappa shape index (κ1) is 19.8. The monoisotopic (exact) mass is 384 g/mol. The van der Waals surface area contributed by atoms with E-state index in [4.69, 9.17) is 9.15 Å². The average Bonchev–Trinajstić information content (AvgIpc) is 3.07. The molecule has 3 rings (SSSR count). The summed E-state index contributed by atoms with van der Waals surface area (Å²) in [7, 11) is 1.63. The minimum atomic E-state index is -0.306. The lowest BCUT2D eigenvalue weighted by Crippen LogP contribution is -2.25. The zero-order chi connectivity index (χ0) is 19.9. The number of carbonyl (C=O) groups excluding carboxylic acids is 2. The smallest absolute Gasteiger partial charge is 0.287 e. The number of rotatable bonds is 7. The third-order valence-corrected chi connectivity index (χ3v) is 4.58. The molecule has 1 aliphatic rings. The maximum Gasteiger partial charge on any atom is 0.287 e. The van der Waals surface area contributed by atoms with Gasteiger partial charge in [0.2, 0.25) is 0 Å². The highest BCUT2D eigenvalue weighted by atomic mass is 16.5. The summed E-state index contributed by atoms with van der Waals surface area (Å²) in [6.07, 6.45) is 6.13. The van der Waals surface area contributed by atoms with Crippen molar-refractivity contribution >= 4 is 17.5 Å². The molecule has 28 heavy (non-hydrogen) atoms. The van der Waals surface area contributed by atoms with Crippen molar-refractivity contribution < 1.29 is 18.7 Å². The highest BCUT2D eigenvalue weighted by Crippen LogP contribution is 2.29. The Hall–Kier alpha value is -3.00. The Bertz CT molecular complexity index is 874. The van der Waals surface area contributed by atoms with Crippen molar-refractivity contribution in [2.24, 2.45) is 5.10 Å². The number of nitrogens with zero attached hydrogens (tertiary/aromatic N) is 2. The van der Waals surface area contributed by atoms with Crippen molar-refractivity contribution in [2.75, 3.05) is 20.3 Å². The summed E-state index contributed by atoms with van der Waals surface area (Å²) < 4.78 is 10.8. The third kappa shape index (κ3) is 4.45. The van der Waals surface area contributed by atoms with E-state index in [2.05, 4.69) is 20.8 Å². The quantitative estimate of drug-likeness (QED) is 0.562. The molecule has 2 heterocycles. The Labute approximate surface area is 163 Å². The third-order valence-electron chi connectivity index (χ3n) is 4.58. The van der Waals surface area contributed by atoms with Gasteiger partial charge in [0.15, 0.2) is 5.76 Å². The van der Waals surface area contributed by atoms with Crippen LogP contribution in [0.15, 0.2) is 34.0 Å². The lowest BCUT2D eigenvalue weighted by Gasteiger charge is -2.13. The number of nitrogens with one attached hydrogen (secondary N) is 2. The Morgan fingerprint density at radius 1 is 1.25 bits per heavy atom. The van der Waals surface area contributed by atoms with E-state index in [1.165, 1.54) is 0 Å². The molecule has 0 bridgehead atoms. The standard InChI is InChI=1S/C20H24N4O4/c1-13-17-15(23-24-19(25)14-7-10-21-11-8-14)5-3-6-16(17)28-18(13)20(26)22-9-4-12-27-2/h7-8,10-11H,3-6,9,12H2,1-2H3,(H,22,26)(H,24,25)/b23-15+. The van der Waals surface area contributed by atoms with Gasteiger partial charge in [0.1, 0.15) is 5.76 Å². The topological polar surface area (TPSA) is 106 Å². The Morgan fingerprint density at radius 2 is 2.04 bits per heavy atom. The summed E-state index contributed by atoms with van der Waals surface area (Å²) in [6.45, 7) is 2.94. The van der Waals surface area contributed by atoms with Gasteiger partial charge in [-0.05, 0) is 38.3 Å². The molecule has 0 spiro atoms. The van der Waals surface area contributed by atoms with Crippen molar-refractivity contribution in [1.29, 1.82) is 0 Å². The fourth-order valence-corrected chi connectivity index (χ4v) is 3.18. The van der Waals surface area contributed by atoms with E-state index in [0.717, 1.165) is 41.9 Å². The summed E-state index contributed by atoms with van der Waals surface area (Å²) >= 11 is 0. The molecule has 1 aliphatic carbocycles. The van der Waals surface area contributed by atoms with Crippen molar-refractivity contribution in [2.45, 2.75) is 32.6 Å². The van der Waals surface area contributed by atoms with Gasteiger partial charge < -0.3 is 14.5 Å². The van der Waals surface area contributed by atoms with E-state index in [1.807, 2.05) is 6.92 Å². The molecular formula is C20H24N4O4. The molecule has 2 N–H and O–H groups in total. The minimum Gasteiger partial charge on any atom is -0.455 e. The van der Waals surface area contributed by atoms with Crippen LogP contribution in [0.3, 0.4) is 0 Å². The highest BCUT2D eigenvalue weighted by molar-refractivity contribution is 6.07. The number of carbonyl (C=O) groups is 2. The second kappa shape index (κ2) is 9.27. The fraction of sp³-hybridized carbons (Fsp3) is 0.400. The first-order valence-electron chi connectivity index (χ1n) is 9.28. The van der Waals surface area contributed by atoms with Crippen LogP contribution in [0.4, 0.5) is 0 Å². The van der Waals surface area contributed by atoms with Gasteiger partial charge in [-0.3, -0.25) is 14.6 Å². The molecular weight excluding hydrogens is 360 g/mol. The molecule has 8 nitrogen and oxygen atoms in total. The van der Waals surface area contributed by atoms with E-state index in [0.29, 0.717) is 30.9 Å². The Kier molecular flexibility index (Phi) is 6.54. The van der Waals surface area contributed by atoms with Gasteiger partial charge in [-0.15, -0.1) is 0 Å². The molecule has 0 aromatic carbocycles. The number of amides is 2. The predicted octanol–water partition coefficient (Wildman–Crippen LogP) is 2.22. The van der Waals surface area contributed by atoms with E-state index in [1.54, 1.807) is 31.6 Å². The number of furan rings is 1. The van der Waals surface area contributed by atoms with E-state index in [-0.39, 0.29) is 11.8 Å². The first-order valence-corrected chi connectivity index (χ1v) is 9.28. The molecule has 0 radical (unpaired) electrons. The van der Waals surface area contributed by atoms with Crippen LogP contribution in [0, 0.1) is 6.92 Å². The van der Waals surface area contributed by atoms with Crippen LogP contribution < -0.4 is 10.7 Å². The number of pyridine rings is 1. The number of methoxy groups -OCH3 is 1. The maximum atomic E-state index is 12.4. The van der Waals surface area contributed by atoms with Gasteiger partial charge in [0.05, 0.1) is 5.71 Å². The molecule has 0 saturated carbocycles. The zero-order valence-corrected chi connectivity index (χ0v) is 16.1. The van der Waals surface area contributed by atoms with Gasteiger partial charge >= 0.3 is 0 Å². The van der Waals surface area contributed by atoms with Crippen LogP contribution in [0.2, 0.25) is 0 Å². The first-order chi connectivity index (χ1) is 13.6. The lowest BCUT2D eigenvalue weighted by atomic mass is 9.93. The lowest BCUT2D eigenvalue weighted by molar-refractivity contribution is 0.0916. The van der Waals surface area contributed by atoms with Gasteiger partial charge in [0.25, 0.3) is 11.8 Å². The van der Waals surface area contributed by atoms with E-state index < -0.39 is 0 Å². The van der Waals surface area contributed by atoms with Crippen LogP contribution in [-0.2, 0) is 11.2 Å². The minimum absolute atomic E-state index is 0.247. The summed E-state index contributed by atoms with van der Waals surface area (Å²) in [5.41, 5.74) is 5.36. The molecule has 0 atom stereocenters. The number of aromatic nitrogens is 1. The van der Waals surface area contributed by atoms with Crippen LogP contribution >= 0.6 is 0 Å². The summed E-state index contributed by atoms with van der Waals surface area (Å²) in [5, 5.41) is 7.15. The summed E-state index contributed by atoms with van der Waals surface area (Å²) in [6, 6.07) is 3.24. The van der Waals surface area contributed by atoms with Gasteiger partial charge in [0, 0.05) is 55.8 Å². The van der Waals surface area contributed by atoms with Gasteiger partial charge in [-0.2, -0.15) is 5.10 Å². The van der Waals surface area contributed by atoms with Crippen LogP contribution in [0.25, 0.3) is 0 Å². The zero-order valence-electron chi connectivity index (χ0n) is 16.1. The molecule has 8 heteroatoms. The van der Waals surface area contributed by atoms with Crippen molar-refractivity contribution in [1.82, 2.24) is 15.7 Å². The molecule has 0 unspecified atom stereocenters. The Morgan fingerprint density at radius 3 is 2.79 bits per heavy atom. The Balaban J connectivity index is 1.75. The molecule has 148 valence electrons. The van der Waals surface area contributed by atoms with Crippen LogP contribution in [0.5, 0.6) is 0 Å². The molecule has 2 aromatic rings. The van der Waals surface area contributed by atoms with Gasteiger partial charge in [-0.25, -0.2) is 5.43 Å². The second-order valence-corrected chi connectivity index (χ2v) is 6.55. The predicted molar refractivity (Wildman–Crippen MR) is 103 cm³/mol. The number of hydrazone groups is 1. The van der Waals surface area contributed by atoms with Crippen LogP contribution in [-0.4, -0.2) is 42.8 Å². The number of fused-ring (bicyclic) bond motifs is 1. The van der Waals surface area contributed by atoms with Crippen LogP contribution in [0.1, 0.15) is 57.1 Å². The highest BCUT2D eigenvalue weighted by Gasteiger charge is 2.28. The number of hydrogen-bond acceptors (Lipinski definition) is 6. The number of hydrogen-bond donors (Lipinski definition) is 2. The average molecular weight is 384 g/mol. The molecule has 2 amide bonds. The largest absolute Gasteiger partial charge is 0.455 e. The number of ether oxygens (including phenoxy) is 1. The van der Waals surface area contributed by atoms with Crippen molar-refractivity contribution in [3.05, 3.63) is 52.7 Å². The molecule has 2 aromatic heterocycles. The molecule has 0 fully saturated rings. The second-order valence-electron chi connectivity index (χ2n) is 6.55. The fourth-order valence-electron chi connectivity index (χ4n) is 3.18.